The van der Waals surface area contributed by atoms with Crippen molar-refractivity contribution in [2.75, 3.05) is 13.1 Å². The fourth-order valence-electron chi connectivity index (χ4n) is 4.45. The zero-order valence-electron chi connectivity index (χ0n) is 13.9. The minimum absolute atomic E-state index is 0.0520. The minimum Gasteiger partial charge on any atom is -0.338 e. The molecule has 126 valence electrons. The first-order chi connectivity index (χ1) is 12.3. The monoisotopic (exact) mass is 333 g/mol. The lowest BCUT2D eigenvalue weighted by Gasteiger charge is -2.40. The Bertz CT molecular complexity index is 965. The molecule has 0 radical (unpaired) electrons. The number of nitrogens with zero attached hydrogens (tertiary/aromatic N) is 4. The van der Waals surface area contributed by atoms with Crippen LogP contribution in [0.2, 0.25) is 0 Å². The van der Waals surface area contributed by atoms with Crippen molar-refractivity contribution < 1.29 is 4.79 Å². The summed E-state index contributed by atoms with van der Waals surface area (Å²) in [5.74, 6) is 0.0830. The second kappa shape index (κ2) is 5.37. The lowest BCUT2D eigenvalue weighted by Crippen LogP contribution is -2.47. The Labute approximate surface area is 145 Å². The Morgan fingerprint density at radius 2 is 2.04 bits per heavy atom. The van der Waals surface area contributed by atoms with Gasteiger partial charge in [-0.25, -0.2) is 0 Å². The van der Waals surface area contributed by atoms with E-state index in [-0.39, 0.29) is 11.3 Å². The van der Waals surface area contributed by atoms with Gasteiger partial charge in [0.15, 0.2) is 0 Å². The number of nitrogens with one attached hydrogen (secondary N) is 1. The molecule has 3 heterocycles. The second-order valence-electron chi connectivity index (χ2n) is 7.14. The molecular formula is C19H19N5O. The van der Waals surface area contributed by atoms with Crippen molar-refractivity contribution in [1.29, 1.82) is 0 Å². The Hall–Kier alpha value is -2.76. The highest BCUT2D eigenvalue weighted by Crippen LogP contribution is 2.44. The topological polar surface area (TPSA) is 74.8 Å². The van der Waals surface area contributed by atoms with Gasteiger partial charge in [-0.2, -0.15) is 5.10 Å². The van der Waals surface area contributed by atoms with E-state index in [9.17, 15) is 4.79 Å². The number of H-pyrrole nitrogens is 1. The summed E-state index contributed by atoms with van der Waals surface area (Å²) >= 11 is 0. The normalized spacial score (nSPS) is 22.5. The number of hydrogen-bond acceptors (Lipinski definition) is 4. The van der Waals surface area contributed by atoms with E-state index in [2.05, 4.69) is 20.2 Å². The minimum atomic E-state index is 0.0520. The molecule has 1 unspecified atom stereocenters. The molecule has 2 aliphatic rings. The molecule has 25 heavy (non-hydrogen) atoms. The van der Waals surface area contributed by atoms with Gasteiger partial charge in [-0.1, -0.05) is 0 Å². The Kier molecular flexibility index (Phi) is 3.13. The maximum Gasteiger partial charge on any atom is 0.253 e. The molecule has 0 saturated carbocycles. The van der Waals surface area contributed by atoms with Gasteiger partial charge in [0.2, 0.25) is 0 Å². The van der Waals surface area contributed by atoms with Gasteiger partial charge in [0.25, 0.3) is 5.91 Å². The summed E-state index contributed by atoms with van der Waals surface area (Å²) in [7, 11) is 0. The van der Waals surface area contributed by atoms with Crippen LogP contribution in [0.1, 0.15) is 40.9 Å². The van der Waals surface area contributed by atoms with Crippen molar-refractivity contribution in [3.63, 3.8) is 0 Å². The van der Waals surface area contributed by atoms with Crippen molar-refractivity contribution >= 4 is 16.9 Å². The molecule has 1 fully saturated rings. The summed E-state index contributed by atoms with van der Waals surface area (Å²) in [6.45, 7) is 1.57. The zero-order valence-corrected chi connectivity index (χ0v) is 13.9. The summed E-state index contributed by atoms with van der Waals surface area (Å²) in [6.07, 6.45) is 9.56. The van der Waals surface area contributed by atoms with Crippen LogP contribution in [0.25, 0.3) is 11.0 Å². The van der Waals surface area contributed by atoms with Gasteiger partial charge in [-0.05, 0) is 49.4 Å². The third kappa shape index (κ3) is 2.24. The van der Waals surface area contributed by atoms with E-state index in [0.717, 1.165) is 49.8 Å². The molecule has 2 aromatic heterocycles. The van der Waals surface area contributed by atoms with Crippen LogP contribution in [0.5, 0.6) is 0 Å². The molecule has 1 aliphatic carbocycles. The number of piperidine rings is 1. The Balaban J connectivity index is 1.45. The van der Waals surface area contributed by atoms with Crippen LogP contribution in [-0.4, -0.2) is 44.1 Å². The average molecular weight is 333 g/mol. The maximum absolute atomic E-state index is 13.1. The van der Waals surface area contributed by atoms with Crippen LogP contribution in [0.3, 0.4) is 0 Å². The van der Waals surface area contributed by atoms with E-state index < -0.39 is 0 Å². The molecular weight excluding hydrogens is 314 g/mol. The number of fused-ring (bicyclic) bond motifs is 3. The van der Waals surface area contributed by atoms with Crippen molar-refractivity contribution in [1.82, 2.24) is 25.1 Å². The van der Waals surface area contributed by atoms with E-state index in [4.69, 9.17) is 0 Å². The first-order valence-corrected chi connectivity index (χ1v) is 8.78. The molecule has 1 saturated heterocycles. The largest absolute Gasteiger partial charge is 0.338 e. The molecule has 0 bridgehead atoms. The van der Waals surface area contributed by atoms with Gasteiger partial charge in [-0.3, -0.25) is 19.9 Å². The van der Waals surface area contributed by atoms with Crippen molar-refractivity contribution in [3.8, 4) is 0 Å². The predicted octanol–water partition coefficient (Wildman–Crippen LogP) is 2.47. The average Bonchev–Trinajstić information content (AvgIpc) is 3.26. The lowest BCUT2D eigenvalue weighted by atomic mass is 9.77. The molecule has 5 rings (SSSR count). The van der Waals surface area contributed by atoms with Gasteiger partial charge in [0, 0.05) is 42.2 Å². The Morgan fingerprint density at radius 3 is 2.96 bits per heavy atom. The molecule has 3 aromatic rings. The molecule has 6 heteroatoms. The number of aryl methyl sites for hydroxylation is 1. The van der Waals surface area contributed by atoms with Gasteiger partial charge < -0.3 is 4.90 Å². The first kappa shape index (κ1) is 14.6. The SMILES string of the molecule is O=C(c1ccc2nccnc2c1)N1CCCC2(CCc3cn[nH]c32)C1. The number of aromatic amines is 1. The number of hydrogen-bond donors (Lipinski definition) is 1. The maximum atomic E-state index is 13.1. The van der Waals surface area contributed by atoms with E-state index in [1.54, 1.807) is 12.4 Å². The number of carbonyl (C=O) groups excluding carboxylic acids is 1. The van der Waals surface area contributed by atoms with Crippen LogP contribution < -0.4 is 0 Å². The number of amides is 1. The molecule has 6 nitrogen and oxygen atoms in total. The number of carbonyl (C=O) groups is 1. The summed E-state index contributed by atoms with van der Waals surface area (Å²) in [4.78, 5) is 23.7. The van der Waals surface area contributed by atoms with Crippen LogP contribution in [-0.2, 0) is 11.8 Å². The van der Waals surface area contributed by atoms with Crippen molar-refractivity contribution in [2.45, 2.75) is 31.1 Å². The van der Waals surface area contributed by atoms with Crippen LogP contribution in [0.4, 0.5) is 0 Å². The first-order valence-electron chi connectivity index (χ1n) is 8.78. The molecule has 1 atom stereocenters. The number of aromatic nitrogens is 4. The van der Waals surface area contributed by atoms with Gasteiger partial charge >= 0.3 is 0 Å². The summed E-state index contributed by atoms with van der Waals surface area (Å²) in [5.41, 5.74) is 4.87. The third-order valence-electron chi connectivity index (χ3n) is 5.70. The summed E-state index contributed by atoms with van der Waals surface area (Å²) < 4.78 is 0. The van der Waals surface area contributed by atoms with Crippen LogP contribution >= 0.6 is 0 Å². The molecule has 1 aromatic carbocycles. The van der Waals surface area contributed by atoms with Gasteiger partial charge in [-0.15, -0.1) is 0 Å². The highest BCUT2D eigenvalue weighted by atomic mass is 16.2. The van der Waals surface area contributed by atoms with Crippen LogP contribution in [0.15, 0.2) is 36.8 Å². The van der Waals surface area contributed by atoms with Gasteiger partial charge in [0.1, 0.15) is 0 Å². The smallest absolute Gasteiger partial charge is 0.253 e. The quantitative estimate of drug-likeness (QED) is 0.742. The van der Waals surface area contributed by atoms with Crippen molar-refractivity contribution in [3.05, 3.63) is 53.6 Å². The standard InChI is InChI=1S/C19H19N5O/c25-18(13-2-3-15-16(10-13)21-8-7-20-15)24-9-1-5-19(12-24)6-4-14-11-22-23-17(14)19/h2-3,7-8,10-11H,1,4-6,9,12H2,(H,22,23). The molecule has 1 spiro atoms. The summed E-state index contributed by atoms with van der Waals surface area (Å²) in [6, 6.07) is 5.58. The van der Waals surface area contributed by atoms with E-state index in [1.807, 2.05) is 29.3 Å². The fraction of sp³-hybridized carbons (Fsp3) is 0.368. The van der Waals surface area contributed by atoms with E-state index >= 15 is 0 Å². The summed E-state index contributed by atoms with van der Waals surface area (Å²) in [5, 5.41) is 7.41. The molecule has 1 amide bonds. The number of rotatable bonds is 1. The van der Waals surface area contributed by atoms with E-state index in [0.29, 0.717) is 5.56 Å². The lowest BCUT2D eigenvalue weighted by molar-refractivity contribution is 0.0633. The van der Waals surface area contributed by atoms with Gasteiger partial charge in [0.05, 0.1) is 17.2 Å². The highest BCUT2D eigenvalue weighted by Gasteiger charge is 2.44. The third-order valence-corrected chi connectivity index (χ3v) is 5.70. The predicted molar refractivity (Wildman–Crippen MR) is 93.3 cm³/mol. The van der Waals surface area contributed by atoms with Crippen molar-refractivity contribution in [2.24, 2.45) is 0 Å². The fourth-order valence-corrected chi connectivity index (χ4v) is 4.45. The zero-order chi connectivity index (χ0) is 16.9. The Morgan fingerprint density at radius 1 is 1.16 bits per heavy atom. The second-order valence-corrected chi connectivity index (χ2v) is 7.14. The number of likely N-dealkylation sites (tertiary alicyclic amines) is 1. The van der Waals surface area contributed by atoms with E-state index in [1.165, 1.54) is 11.3 Å². The molecule has 1 N–H and O–H groups in total. The highest BCUT2D eigenvalue weighted by molar-refractivity contribution is 5.97. The number of benzene rings is 1. The van der Waals surface area contributed by atoms with Crippen LogP contribution in [0, 0.1) is 0 Å². The molecule has 1 aliphatic heterocycles.